The summed E-state index contributed by atoms with van der Waals surface area (Å²) < 4.78 is 0. The molecule has 1 amide bonds. The van der Waals surface area contributed by atoms with Gasteiger partial charge in [0.2, 0.25) is 0 Å². The first-order valence-electron chi connectivity index (χ1n) is 7.73. The predicted molar refractivity (Wildman–Crippen MR) is 81.9 cm³/mol. The van der Waals surface area contributed by atoms with Crippen molar-refractivity contribution in [3.05, 3.63) is 23.9 Å². The molecule has 0 bridgehead atoms. The molecular formula is C16H25N3O. The molecule has 1 aromatic rings. The molecule has 4 heteroatoms. The highest BCUT2D eigenvalue weighted by molar-refractivity contribution is 5.94. The third kappa shape index (κ3) is 4.22. The minimum absolute atomic E-state index is 0.140. The first-order valence-corrected chi connectivity index (χ1v) is 7.73. The molecule has 0 spiro atoms. The van der Waals surface area contributed by atoms with Gasteiger partial charge in [0.1, 0.15) is 5.82 Å². The molecule has 1 aliphatic carbocycles. The van der Waals surface area contributed by atoms with Crippen LogP contribution in [0, 0.1) is 5.92 Å². The average molecular weight is 275 g/mol. The number of nitrogens with one attached hydrogen (secondary N) is 1. The van der Waals surface area contributed by atoms with Gasteiger partial charge in [0.15, 0.2) is 0 Å². The summed E-state index contributed by atoms with van der Waals surface area (Å²) in [5, 5.41) is 3.23. The summed E-state index contributed by atoms with van der Waals surface area (Å²) in [5.74, 6) is 1.66. The minimum Gasteiger partial charge on any atom is -0.370 e. The number of nitrogens with zero attached hydrogens (tertiary/aromatic N) is 2. The van der Waals surface area contributed by atoms with Crippen molar-refractivity contribution in [3.8, 4) is 0 Å². The van der Waals surface area contributed by atoms with E-state index >= 15 is 0 Å². The molecule has 4 nitrogen and oxygen atoms in total. The van der Waals surface area contributed by atoms with Gasteiger partial charge in [-0.05, 0) is 43.7 Å². The Morgan fingerprint density at radius 2 is 2.20 bits per heavy atom. The number of hydrogen-bond acceptors (Lipinski definition) is 3. The average Bonchev–Trinajstić information content (AvgIpc) is 3.28. The van der Waals surface area contributed by atoms with Gasteiger partial charge < -0.3 is 10.2 Å². The van der Waals surface area contributed by atoms with Gasteiger partial charge in [0.05, 0.1) is 0 Å². The van der Waals surface area contributed by atoms with Gasteiger partial charge in [-0.2, -0.15) is 0 Å². The number of aromatic nitrogens is 1. The molecule has 1 saturated carbocycles. The molecule has 1 N–H and O–H groups in total. The second kappa shape index (κ2) is 7.27. The van der Waals surface area contributed by atoms with E-state index in [2.05, 4.69) is 24.1 Å². The van der Waals surface area contributed by atoms with Crippen LogP contribution < -0.4 is 5.32 Å². The topological polar surface area (TPSA) is 45.2 Å². The lowest BCUT2D eigenvalue weighted by Gasteiger charge is -2.22. The van der Waals surface area contributed by atoms with Crippen molar-refractivity contribution in [1.82, 2.24) is 9.88 Å². The summed E-state index contributed by atoms with van der Waals surface area (Å²) >= 11 is 0. The fourth-order valence-corrected chi connectivity index (χ4v) is 2.25. The van der Waals surface area contributed by atoms with E-state index in [0.29, 0.717) is 0 Å². The summed E-state index contributed by atoms with van der Waals surface area (Å²) in [6, 6.07) is 3.68. The second-order valence-corrected chi connectivity index (χ2v) is 5.55. The quantitative estimate of drug-likeness (QED) is 0.792. The Morgan fingerprint density at radius 1 is 1.40 bits per heavy atom. The maximum Gasteiger partial charge on any atom is 0.254 e. The number of carbonyl (C=O) groups excluding carboxylic acids is 1. The van der Waals surface area contributed by atoms with Crippen LogP contribution in [0.4, 0.5) is 5.82 Å². The van der Waals surface area contributed by atoms with Gasteiger partial charge in [-0.3, -0.25) is 4.79 Å². The molecule has 1 heterocycles. The van der Waals surface area contributed by atoms with Gasteiger partial charge >= 0.3 is 0 Å². The summed E-state index contributed by atoms with van der Waals surface area (Å²) in [6.45, 7) is 6.86. The number of amides is 1. The highest BCUT2D eigenvalue weighted by Crippen LogP contribution is 2.30. The second-order valence-electron chi connectivity index (χ2n) is 5.55. The lowest BCUT2D eigenvalue weighted by molar-refractivity contribution is 0.0747. The molecule has 0 saturated heterocycles. The fourth-order valence-electron chi connectivity index (χ4n) is 2.25. The molecule has 110 valence electrons. The van der Waals surface area contributed by atoms with Crippen LogP contribution in [0.1, 0.15) is 49.9 Å². The SMILES string of the molecule is CCCNc1cc(C(=O)N(CCC)CC2CC2)ccn1. The van der Waals surface area contributed by atoms with Crippen molar-refractivity contribution in [2.24, 2.45) is 5.92 Å². The number of pyridine rings is 1. The van der Waals surface area contributed by atoms with Gasteiger partial charge in [-0.1, -0.05) is 13.8 Å². The molecule has 1 aliphatic rings. The van der Waals surface area contributed by atoms with Crippen LogP contribution in [0.15, 0.2) is 18.3 Å². The van der Waals surface area contributed by atoms with Gasteiger partial charge in [0.25, 0.3) is 5.91 Å². The largest absolute Gasteiger partial charge is 0.370 e. The van der Waals surface area contributed by atoms with Crippen molar-refractivity contribution in [3.63, 3.8) is 0 Å². The molecule has 0 aliphatic heterocycles. The monoisotopic (exact) mass is 275 g/mol. The number of hydrogen-bond donors (Lipinski definition) is 1. The van der Waals surface area contributed by atoms with Crippen molar-refractivity contribution >= 4 is 11.7 Å². The summed E-state index contributed by atoms with van der Waals surface area (Å²) in [5.41, 5.74) is 0.743. The van der Waals surface area contributed by atoms with Crippen LogP contribution in [0.25, 0.3) is 0 Å². The molecule has 0 unspecified atom stereocenters. The lowest BCUT2D eigenvalue weighted by Crippen LogP contribution is -2.33. The zero-order chi connectivity index (χ0) is 14.4. The van der Waals surface area contributed by atoms with Gasteiger partial charge in [-0.15, -0.1) is 0 Å². The standard InChI is InChI=1S/C16H25N3O/c1-3-8-17-15-11-14(7-9-18-15)16(20)19(10-4-2)12-13-5-6-13/h7,9,11,13H,3-6,8,10,12H2,1-2H3,(H,17,18). The lowest BCUT2D eigenvalue weighted by atomic mass is 10.2. The maximum atomic E-state index is 12.6. The Hall–Kier alpha value is -1.58. The molecule has 1 aromatic heterocycles. The molecule has 0 radical (unpaired) electrons. The van der Waals surface area contributed by atoms with Crippen molar-refractivity contribution in [2.75, 3.05) is 25.0 Å². The molecule has 2 rings (SSSR count). The van der Waals surface area contributed by atoms with E-state index in [1.54, 1.807) is 6.20 Å². The van der Waals surface area contributed by atoms with Crippen molar-refractivity contribution in [2.45, 2.75) is 39.5 Å². The van der Waals surface area contributed by atoms with Crippen LogP contribution in [-0.2, 0) is 0 Å². The summed E-state index contributed by atoms with van der Waals surface area (Å²) in [4.78, 5) is 18.8. The molecule has 1 fully saturated rings. The van der Waals surface area contributed by atoms with E-state index in [4.69, 9.17) is 0 Å². The normalized spacial score (nSPS) is 14.1. The first kappa shape index (κ1) is 14.8. The summed E-state index contributed by atoms with van der Waals surface area (Å²) in [7, 11) is 0. The van der Waals surface area contributed by atoms with Crippen LogP contribution in [-0.4, -0.2) is 35.4 Å². The zero-order valence-corrected chi connectivity index (χ0v) is 12.6. The number of anilines is 1. The smallest absolute Gasteiger partial charge is 0.254 e. The number of carbonyl (C=O) groups is 1. The van der Waals surface area contributed by atoms with Crippen LogP contribution in [0.3, 0.4) is 0 Å². The Labute approximate surface area is 121 Å². The van der Waals surface area contributed by atoms with Crippen LogP contribution >= 0.6 is 0 Å². The summed E-state index contributed by atoms with van der Waals surface area (Å²) in [6.07, 6.45) is 6.31. The van der Waals surface area contributed by atoms with Crippen LogP contribution in [0.5, 0.6) is 0 Å². The third-order valence-electron chi connectivity index (χ3n) is 3.52. The number of rotatable bonds is 8. The van der Waals surface area contributed by atoms with E-state index in [1.165, 1.54) is 12.8 Å². The Balaban J connectivity index is 2.04. The van der Waals surface area contributed by atoms with E-state index in [-0.39, 0.29) is 5.91 Å². The minimum atomic E-state index is 0.140. The zero-order valence-electron chi connectivity index (χ0n) is 12.6. The highest BCUT2D eigenvalue weighted by Gasteiger charge is 2.26. The fraction of sp³-hybridized carbons (Fsp3) is 0.625. The van der Waals surface area contributed by atoms with Gasteiger partial charge in [-0.25, -0.2) is 4.98 Å². The Kier molecular flexibility index (Phi) is 5.39. The molecule has 20 heavy (non-hydrogen) atoms. The molecular weight excluding hydrogens is 250 g/mol. The third-order valence-corrected chi connectivity index (χ3v) is 3.52. The van der Waals surface area contributed by atoms with E-state index in [9.17, 15) is 4.79 Å². The molecule has 0 atom stereocenters. The Bertz CT molecular complexity index is 443. The van der Waals surface area contributed by atoms with E-state index in [1.807, 2.05) is 17.0 Å². The van der Waals surface area contributed by atoms with Crippen molar-refractivity contribution < 1.29 is 4.79 Å². The highest BCUT2D eigenvalue weighted by atomic mass is 16.2. The van der Waals surface area contributed by atoms with Gasteiger partial charge in [0, 0.05) is 31.4 Å². The van der Waals surface area contributed by atoms with E-state index in [0.717, 1.165) is 49.8 Å². The molecule has 0 aromatic carbocycles. The Morgan fingerprint density at radius 3 is 2.85 bits per heavy atom. The first-order chi connectivity index (χ1) is 9.74. The van der Waals surface area contributed by atoms with Crippen molar-refractivity contribution in [1.29, 1.82) is 0 Å². The predicted octanol–water partition coefficient (Wildman–Crippen LogP) is 3.17. The van der Waals surface area contributed by atoms with E-state index < -0.39 is 0 Å². The maximum absolute atomic E-state index is 12.6. The van der Waals surface area contributed by atoms with Crippen LogP contribution in [0.2, 0.25) is 0 Å².